The lowest BCUT2D eigenvalue weighted by Gasteiger charge is -2.28. The first-order valence-electron chi connectivity index (χ1n) is 5.70. The van der Waals surface area contributed by atoms with Crippen molar-refractivity contribution in [3.63, 3.8) is 0 Å². The van der Waals surface area contributed by atoms with Crippen molar-refractivity contribution in [2.75, 3.05) is 13.7 Å². The highest BCUT2D eigenvalue weighted by Crippen LogP contribution is 2.23. The summed E-state index contributed by atoms with van der Waals surface area (Å²) in [4.78, 5) is 11.7. The standard InChI is InChI=1S/C11H22N2O2/c1-8-4-3-5-9(6-8)13-11(14)10(7-12)15-2/h8-10H,3-7,12H2,1-2H3,(H,13,14). The van der Waals surface area contributed by atoms with Crippen molar-refractivity contribution in [2.45, 2.75) is 44.8 Å². The normalized spacial score (nSPS) is 28.5. The largest absolute Gasteiger partial charge is 0.370 e. The van der Waals surface area contributed by atoms with Crippen molar-refractivity contribution in [3.05, 3.63) is 0 Å². The zero-order chi connectivity index (χ0) is 11.3. The third-order valence-electron chi connectivity index (χ3n) is 3.07. The first-order valence-corrected chi connectivity index (χ1v) is 5.70. The number of rotatable bonds is 4. The van der Waals surface area contributed by atoms with Crippen LogP contribution in [0.1, 0.15) is 32.6 Å². The fraction of sp³-hybridized carbons (Fsp3) is 0.909. The van der Waals surface area contributed by atoms with Gasteiger partial charge in [-0.25, -0.2) is 0 Å². The third kappa shape index (κ3) is 3.80. The molecule has 4 heteroatoms. The van der Waals surface area contributed by atoms with Crippen LogP contribution in [0.15, 0.2) is 0 Å². The Bertz CT molecular complexity index is 205. The van der Waals surface area contributed by atoms with E-state index in [1.54, 1.807) is 0 Å². The molecule has 0 aromatic carbocycles. The molecule has 15 heavy (non-hydrogen) atoms. The van der Waals surface area contributed by atoms with E-state index in [1.165, 1.54) is 20.0 Å². The molecule has 0 aliphatic heterocycles. The molecule has 88 valence electrons. The van der Waals surface area contributed by atoms with Crippen LogP contribution in [-0.2, 0) is 9.53 Å². The van der Waals surface area contributed by atoms with E-state index in [2.05, 4.69) is 12.2 Å². The average Bonchev–Trinajstić information content (AvgIpc) is 2.19. The van der Waals surface area contributed by atoms with Crippen molar-refractivity contribution in [1.29, 1.82) is 0 Å². The maximum atomic E-state index is 11.7. The summed E-state index contributed by atoms with van der Waals surface area (Å²) in [5.41, 5.74) is 5.43. The zero-order valence-electron chi connectivity index (χ0n) is 9.66. The molecule has 3 unspecified atom stereocenters. The highest BCUT2D eigenvalue weighted by atomic mass is 16.5. The molecule has 1 fully saturated rings. The minimum absolute atomic E-state index is 0.0703. The van der Waals surface area contributed by atoms with Crippen molar-refractivity contribution in [3.8, 4) is 0 Å². The van der Waals surface area contributed by atoms with Gasteiger partial charge < -0.3 is 15.8 Å². The van der Waals surface area contributed by atoms with Gasteiger partial charge >= 0.3 is 0 Å². The number of nitrogens with two attached hydrogens (primary N) is 1. The van der Waals surface area contributed by atoms with Crippen LogP contribution in [0.25, 0.3) is 0 Å². The van der Waals surface area contributed by atoms with Gasteiger partial charge in [0.1, 0.15) is 6.10 Å². The van der Waals surface area contributed by atoms with Gasteiger partial charge in [-0.05, 0) is 18.8 Å². The summed E-state index contributed by atoms with van der Waals surface area (Å²) in [6.07, 6.45) is 4.13. The van der Waals surface area contributed by atoms with E-state index in [0.717, 1.165) is 12.8 Å². The summed E-state index contributed by atoms with van der Waals surface area (Å²) >= 11 is 0. The number of hydrogen-bond acceptors (Lipinski definition) is 3. The van der Waals surface area contributed by atoms with Crippen LogP contribution in [0.5, 0.6) is 0 Å². The van der Waals surface area contributed by atoms with Gasteiger partial charge in [0.2, 0.25) is 0 Å². The fourth-order valence-electron chi connectivity index (χ4n) is 2.17. The van der Waals surface area contributed by atoms with Gasteiger partial charge in [0, 0.05) is 19.7 Å². The molecular formula is C11H22N2O2. The molecule has 1 amide bonds. The third-order valence-corrected chi connectivity index (χ3v) is 3.07. The molecular weight excluding hydrogens is 192 g/mol. The van der Waals surface area contributed by atoms with E-state index in [0.29, 0.717) is 12.0 Å². The SMILES string of the molecule is COC(CN)C(=O)NC1CCCC(C)C1. The molecule has 4 nitrogen and oxygen atoms in total. The van der Waals surface area contributed by atoms with Gasteiger partial charge in [-0.1, -0.05) is 19.8 Å². The van der Waals surface area contributed by atoms with Crippen LogP contribution in [0.2, 0.25) is 0 Å². The van der Waals surface area contributed by atoms with Gasteiger partial charge in [-0.2, -0.15) is 0 Å². The smallest absolute Gasteiger partial charge is 0.250 e. The van der Waals surface area contributed by atoms with Gasteiger partial charge in [-0.3, -0.25) is 4.79 Å². The molecule has 0 aromatic rings. The van der Waals surface area contributed by atoms with E-state index in [-0.39, 0.29) is 12.5 Å². The summed E-state index contributed by atoms with van der Waals surface area (Å²) in [7, 11) is 1.51. The van der Waals surface area contributed by atoms with Crippen LogP contribution < -0.4 is 11.1 Å². The molecule has 1 rings (SSSR count). The maximum Gasteiger partial charge on any atom is 0.250 e. The van der Waals surface area contributed by atoms with Gasteiger partial charge in [-0.15, -0.1) is 0 Å². The molecule has 0 spiro atoms. The van der Waals surface area contributed by atoms with Crippen molar-refractivity contribution in [2.24, 2.45) is 11.7 Å². The first kappa shape index (κ1) is 12.5. The number of carbonyl (C=O) groups excluding carboxylic acids is 1. The Labute approximate surface area is 91.5 Å². The lowest BCUT2D eigenvalue weighted by molar-refractivity contribution is -0.131. The second-order valence-electron chi connectivity index (χ2n) is 4.44. The second-order valence-corrected chi connectivity index (χ2v) is 4.44. The van der Waals surface area contributed by atoms with Crippen LogP contribution >= 0.6 is 0 Å². The van der Waals surface area contributed by atoms with E-state index in [1.807, 2.05) is 0 Å². The molecule has 0 radical (unpaired) electrons. The van der Waals surface area contributed by atoms with E-state index < -0.39 is 6.10 Å². The highest BCUT2D eigenvalue weighted by molar-refractivity contribution is 5.81. The van der Waals surface area contributed by atoms with E-state index >= 15 is 0 Å². The Morgan fingerprint density at radius 1 is 1.60 bits per heavy atom. The summed E-state index contributed by atoms with van der Waals surface area (Å²) in [5.74, 6) is 0.641. The van der Waals surface area contributed by atoms with Crippen molar-refractivity contribution >= 4 is 5.91 Å². The average molecular weight is 214 g/mol. The number of carbonyl (C=O) groups is 1. The Kier molecular flexibility index (Phi) is 5.05. The summed E-state index contributed by atoms with van der Waals surface area (Å²) < 4.78 is 4.99. The number of amides is 1. The van der Waals surface area contributed by atoms with E-state index in [9.17, 15) is 4.79 Å². The van der Waals surface area contributed by atoms with Crippen LogP contribution in [0.4, 0.5) is 0 Å². The molecule has 0 aromatic heterocycles. The Morgan fingerprint density at radius 3 is 2.87 bits per heavy atom. The monoisotopic (exact) mass is 214 g/mol. The highest BCUT2D eigenvalue weighted by Gasteiger charge is 2.23. The van der Waals surface area contributed by atoms with Crippen molar-refractivity contribution < 1.29 is 9.53 Å². The molecule has 1 aliphatic rings. The Morgan fingerprint density at radius 2 is 2.33 bits per heavy atom. The quantitative estimate of drug-likeness (QED) is 0.722. The lowest BCUT2D eigenvalue weighted by Crippen LogP contribution is -2.46. The van der Waals surface area contributed by atoms with Crippen LogP contribution in [0, 0.1) is 5.92 Å². The zero-order valence-corrected chi connectivity index (χ0v) is 9.66. The molecule has 0 bridgehead atoms. The predicted molar refractivity (Wildman–Crippen MR) is 59.4 cm³/mol. The number of methoxy groups -OCH3 is 1. The molecule has 3 atom stereocenters. The number of hydrogen-bond donors (Lipinski definition) is 2. The van der Waals surface area contributed by atoms with Crippen LogP contribution in [0.3, 0.4) is 0 Å². The topological polar surface area (TPSA) is 64.3 Å². The number of ether oxygens (including phenoxy) is 1. The molecule has 1 aliphatic carbocycles. The minimum atomic E-state index is -0.498. The molecule has 0 heterocycles. The van der Waals surface area contributed by atoms with Gasteiger partial charge in [0.25, 0.3) is 5.91 Å². The van der Waals surface area contributed by atoms with Gasteiger partial charge in [0.05, 0.1) is 0 Å². The van der Waals surface area contributed by atoms with E-state index in [4.69, 9.17) is 10.5 Å². The summed E-state index contributed by atoms with van der Waals surface area (Å²) in [6, 6.07) is 0.311. The van der Waals surface area contributed by atoms with Gasteiger partial charge in [0.15, 0.2) is 0 Å². The maximum absolute atomic E-state index is 11.7. The first-order chi connectivity index (χ1) is 7.17. The predicted octanol–water partition coefficient (Wildman–Crippen LogP) is 0.655. The summed E-state index contributed by atoms with van der Waals surface area (Å²) in [6.45, 7) is 2.47. The van der Waals surface area contributed by atoms with Crippen LogP contribution in [-0.4, -0.2) is 31.7 Å². The minimum Gasteiger partial charge on any atom is -0.370 e. The molecule has 3 N–H and O–H groups in total. The Balaban J connectivity index is 2.36. The lowest BCUT2D eigenvalue weighted by atomic mass is 9.87. The Hall–Kier alpha value is -0.610. The summed E-state index contributed by atoms with van der Waals surface area (Å²) in [5, 5.41) is 3.01. The fourth-order valence-corrected chi connectivity index (χ4v) is 2.17. The molecule has 1 saturated carbocycles. The van der Waals surface area contributed by atoms with Crippen molar-refractivity contribution in [1.82, 2.24) is 5.32 Å². The second kappa shape index (κ2) is 6.08. The number of nitrogens with one attached hydrogen (secondary N) is 1. The molecule has 0 saturated heterocycles.